The summed E-state index contributed by atoms with van der Waals surface area (Å²) in [6, 6.07) is 12.4. The van der Waals surface area contributed by atoms with Crippen molar-refractivity contribution in [3.05, 3.63) is 53.6 Å². The minimum absolute atomic E-state index is 0.306. The van der Waals surface area contributed by atoms with E-state index < -0.39 is 6.04 Å². The molecule has 0 unspecified atom stereocenters. The lowest BCUT2D eigenvalue weighted by Gasteiger charge is -2.14. The van der Waals surface area contributed by atoms with E-state index in [0.29, 0.717) is 5.56 Å². The molecule has 2 rings (SSSR count). The second-order valence-corrected chi connectivity index (χ2v) is 5.30. The van der Waals surface area contributed by atoms with Gasteiger partial charge in [0.05, 0.1) is 26.4 Å². The van der Waals surface area contributed by atoms with Crippen molar-refractivity contribution >= 4 is 5.91 Å². The Morgan fingerprint density at radius 2 is 1.83 bits per heavy atom. The van der Waals surface area contributed by atoms with Crippen LogP contribution in [0.5, 0.6) is 5.75 Å². The lowest BCUT2D eigenvalue weighted by Crippen LogP contribution is -2.40. The molecule has 23 heavy (non-hydrogen) atoms. The summed E-state index contributed by atoms with van der Waals surface area (Å²) in [6.07, 6.45) is 0. The first kappa shape index (κ1) is 17.0. The van der Waals surface area contributed by atoms with Crippen LogP contribution in [0.2, 0.25) is 0 Å². The SMILES string of the molecule is COc1ccc(-c2cccc(C(=O)NC(CO)CO)c2)cc1C. The predicted octanol–water partition coefficient (Wildman–Crippen LogP) is 1.75. The summed E-state index contributed by atoms with van der Waals surface area (Å²) in [7, 11) is 1.63. The number of aliphatic hydroxyl groups is 2. The largest absolute Gasteiger partial charge is 0.496 e. The molecule has 0 fully saturated rings. The summed E-state index contributed by atoms with van der Waals surface area (Å²) >= 11 is 0. The second-order valence-electron chi connectivity index (χ2n) is 5.30. The van der Waals surface area contributed by atoms with Gasteiger partial charge in [-0.15, -0.1) is 0 Å². The van der Waals surface area contributed by atoms with E-state index in [0.717, 1.165) is 22.4 Å². The van der Waals surface area contributed by atoms with Crippen LogP contribution in [0.3, 0.4) is 0 Å². The predicted molar refractivity (Wildman–Crippen MR) is 88.6 cm³/mol. The van der Waals surface area contributed by atoms with Gasteiger partial charge < -0.3 is 20.3 Å². The van der Waals surface area contributed by atoms with Gasteiger partial charge in [-0.1, -0.05) is 18.2 Å². The number of nitrogens with one attached hydrogen (secondary N) is 1. The fourth-order valence-electron chi connectivity index (χ4n) is 2.32. The molecular formula is C18H21NO4. The number of carbonyl (C=O) groups excluding carboxylic acids is 1. The maximum absolute atomic E-state index is 12.2. The molecule has 0 saturated heterocycles. The minimum atomic E-state index is -0.658. The van der Waals surface area contributed by atoms with Gasteiger partial charge in [-0.25, -0.2) is 0 Å². The lowest BCUT2D eigenvalue weighted by atomic mass is 10.0. The van der Waals surface area contributed by atoms with Crippen molar-refractivity contribution in [2.75, 3.05) is 20.3 Å². The fourth-order valence-corrected chi connectivity index (χ4v) is 2.32. The molecule has 2 aromatic rings. The van der Waals surface area contributed by atoms with Gasteiger partial charge in [0.1, 0.15) is 5.75 Å². The number of benzene rings is 2. The molecule has 1 amide bonds. The number of rotatable bonds is 6. The van der Waals surface area contributed by atoms with Crippen molar-refractivity contribution in [1.29, 1.82) is 0 Å². The van der Waals surface area contributed by atoms with E-state index >= 15 is 0 Å². The number of carbonyl (C=O) groups is 1. The van der Waals surface area contributed by atoms with E-state index in [1.807, 2.05) is 31.2 Å². The monoisotopic (exact) mass is 315 g/mol. The van der Waals surface area contributed by atoms with Gasteiger partial charge in [-0.2, -0.15) is 0 Å². The molecule has 2 aromatic carbocycles. The van der Waals surface area contributed by atoms with E-state index in [1.54, 1.807) is 25.3 Å². The van der Waals surface area contributed by atoms with Gasteiger partial charge in [-0.3, -0.25) is 4.79 Å². The molecule has 0 bridgehead atoms. The zero-order chi connectivity index (χ0) is 16.8. The molecule has 0 saturated carbocycles. The summed E-state index contributed by atoms with van der Waals surface area (Å²) in [5.41, 5.74) is 3.38. The van der Waals surface area contributed by atoms with Crippen LogP contribution in [0.4, 0.5) is 0 Å². The quantitative estimate of drug-likeness (QED) is 0.759. The van der Waals surface area contributed by atoms with Crippen molar-refractivity contribution < 1.29 is 19.7 Å². The summed E-state index contributed by atoms with van der Waals surface area (Å²) in [5, 5.41) is 20.7. The molecule has 122 valence electrons. The number of hydrogen-bond donors (Lipinski definition) is 3. The fraction of sp³-hybridized carbons (Fsp3) is 0.278. The van der Waals surface area contributed by atoms with Gasteiger partial charge in [0.2, 0.25) is 0 Å². The first-order chi connectivity index (χ1) is 11.1. The molecular weight excluding hydrogens is 294 g/mol. The first-order valence-electron chi connectivity index (χ1n) is 7.36. The summed E-state index contributed by atoms with van der Waals surface area (Å²) in [4.78, 5) is 12.2. The highest BCUT2D eigenvalue weighted by molar-refractivity contribution is 5.95. The maximum atomic E-state index is 12.2. The van der Waals surface area contributed by atoms with E-state index in [1.165, 1.54) is 0 Å². The molecule has 0 aliphatic rings. The molecule has 0 atom stereocenters. The number of hydrogen-bond acceptors (Lipinski definition) is 4. The number of amides is 1. The third-order valence-corrected chi connectivity index (χ3v) is 3.63. The Morgan fingerprint density at radius 3 is 2.43 bits per heavy atom. The van der Waals surface area contributed by atoms with Crippen molar-refractivity contribution in [2.24, 2.45) is 0 Å². The Hall–Kier alpha value is -2.37. The van der Waals surface area contributed by atoms with Gasteiger partial charge in [0.15, 0.2) is 0 Å². The highest BCUT2D eigenvalue weighted by Crippen LogP contribution is 2.26. The van der Waals surface area contributed by atoms with E-state index in [2.05, 4.69) is 5.32 Å². The topological polar surface area (TPSA) is 78.8 Å². The first-order valence-corrected chi connectivity index (χ1v) is 7.36. The molecule has 0 heterocycles. The van der Waals surface area contributed by atoms with Crippen LogP contribution in [-0.4, -0.2) is 42.5 Å². The minimum Gasteiger partial charge on any atom is -0.496 e. The summed E-state index contributed by atoms with van der Waals surface area (Å²) in [6.45, 7) is 1.35. The lowest BCUT2D eigenvalue weighted by molar-refractivity contribution is 0.0879. The van der Waals surface area contributed by atoms with Crippen LogP contribution in [0.25, 0.3) is 11.1 Å². The Bertz CT molecular complexity index is 680. The van der Waals surface area contributed by atoms with Crippen molar-refractivity contribution in [1.82, 2.24) is 5.32 Å². The van der Waals surface area contributed by atoms with Gasteiger partial charge in [0.25, 0.3) is 5.91 Å². The van der Waals surface area contributed by atoms with Gasteiger partial charge in [0, 0.05) is 5.56 Å². The smallest absolute Gasteiger partial charge is 0.251 e. The summed E-state index contributed by atoms with van der Waals surface area (Å²) < 4.78 is 5.25. The van der Waals surface area contributed by atoms with Crippen molar-refractivity contribution in [2.45, 2.75) is 13.0 Å². The number of ether oxygens (including phenoxy) is 1. The molecule has 0 aliphatic heterocycles. The Labute approximate surface area is 135 Å². The van der Waals surface area contributed by atoms with Gasteiger partial charge in [-0.05, 0) is 47.9 Å². The maximum Gasteiger partial charge on any atom is 0.251 e. The van der Waals surface area contributed by atoms with Crippen molar-refractivity contribution in [3.63, 3.8) is 0 Å². The summed E-state index contributed by atoms with van der Waals surface area (Å²) in [5.74, 6) is 0.488. The van der Waals surface area contributed by atoms with Crippen LogP contribution >= 0.6 is 0 Å². The molecule has 0 radical (unpaired) electrons. The number of aryl methyl sites for hydroxylation is 1. The van der Waals surface area contributed by atoms with Crippen LogP contribution in [0, 0.1) is 6.92 Å². The average molecular weight is 315 g/mol. The van der Waals surface area contributed by atoms with E-state index in [-0.39, 0.29) is 19.1 Å². The molecule has 5 heteroatoms. The number of methoxy groups -OCH3 is 1. The third kappa shape index (κ3) is 4.09. The normalized spacial score (nSPS) is 10.7. The third-order valence-electron chi connectivity index (χ3n) is 3.63. The molecule has 0 aliphatic carbocycles. The Morgan fingerprint density at radius 1 is 1.13 bits per heavy atom. The van der Waals surface area contributed by atoms with Crippen LogP contribution in [0.1, 0.15) is 15.9 Å². The Kier molecular flexibility index (Phi) is 5.73. The van der Waals surface area contributed by atoms with E-state index in [9.17, 15) is 4.79 Å². The highest BCUT2D eigenvalue weighted by Gasteiger charge is 2.13. The number of aliphatic hydroxyl groups excluding tert-OH is 2. The molecule has 0 spiro atoms. The second kappa shape index (κ2) is 7.76. The standard InChI is InChI=1S/C18H21NO4/c1-12-8-14(6-7-17(12)23-2)13-4-3-5-15(9-13)18(22)19-16(10-20)11-21/h3-9,16,20-21H,10-11H2,1-2H3,(H,19,22). The van der Waals surface area contributed by atoms with Crippen LogP contribution < -0.4 is 10.1 Å². The van der Waals surface area contributed by atoms with Gasteiger partial charge >= 0.3 is 0 Å². The molecule has 5 nitrogen and oxygen atoms in total. The molecule has 3 N–H and O–H groups in total. The Balaban J connectivity index is 2.26. The van der Waals surface area contributed by atoms with E-state index in [4.69, 9.17) is 14.9 Å². The molecule has 0 aromatic heterocycles. The zero-order valence-corrected chi connectivity index (χ0v) is 13.2. The van der Waals surface area contributed by atoms with Crippen LogP contribution in [0.15, 0.2) is 42.5 Å². The zero-order valence-electron chi connectivity index (χ0n) is 13.2. The highest BCUT2D eigenvalue weighted by atomic mass is 16.5. The van der Waals surface area contributed by atoms with Crippen LogP contribution in [-0.2, 0) is 0 Å². The van der Waals surface area contributed by atoms with Crippen molar-refractivity contribution in [3.8, 4) is 16.9 Å². The average Bonchev–Trinajstić information content (AvgIpc) is 2.59.